The summed E-state index contributed by atoms with van der Waals surface area (Å²) < 4.78 is 5.25. The standard InChI is InChI=1S/C14H15NO2.C3H4/c1-2-11-17-13-7-5-12(6-8-13)14(16)15-9-3-4-10-15;1-3-2/h1,5-8H,3-4,9-11H2;1H,2H3. The molecule has 1 saturated heterocycles. The van der Waals surface area contributed by atoms with Gasteiger partial charge in [0.05, 0.1) is 0 Å². The van der Waals surface area contributed by atoms with E-state index in [1.165, 1.54) is 0 Å². The maximum Gasteiger partial charge on any atom is 0.253 e. The first-order chi connectivity index (χ1) is 9.72. The Kier molecular flexibility index (Phi) is 6.79. The molecule has 20 heavy (non-hydrogen) atoms. The van der Waals surface area contributed by atoms with Gasteiger partial charge < -0.3 is 9.64 Å². The van der Waals surface area contributed by atoms with Crippen molar-refractivity contribution in [2.24, 2.45) is 0 Å². The van der Waals surface area contributed by atoms with Crippen LogP contribution >= 0.6 is 0 Å². The molecule has 0 aliphatic carbocycles. The van der Waals surface area contributed by atoms with Gasteiger partial charge in [-0.15, -0.1) is 18.8 Å². The van der Waals surface area contributed by atoms with Crippen molar-refractivity contribution in [3.8, 4) is 30.4 Å². The van der Waals surface area contributed by atoms with Crippen LogP contribution in [0, 0.1) is 24.7 Å². The molecule has 1 aliphatic rings. The van der Waals surface area contributed by atoms with Crippen LogP contribution in [0.15, 0.2) is 24.3 Å². The minimum absolute atomic E-state index is 0.103. The first kappa shape index (κ1) is 15.7. The zero-order valence-electron chi connectivity index (χ0n) is 11.8. The summed E-state index contributed by atoms with van der Waals surface area (Å²) in [4.78, 5) is 13.9. The van der Waals surface area contributed by atoms with Crippen LogP contribution in [-0.4, -0.2) is 30.5 Å². The Morgan fingerprint density at radius 2 is 1.80 bits per heavy atom. The average Bonchev–Trinajstić information content (AvgIpc) is 3.00. The normalized spacial score (nSPS) is 12.7. The second-order valence-electron chi connectivity index (χ2n) is 4.31. The highest BCUT2D eigenvalue weighted by Gasteiger charge is 2.19. The average molecular weight is 269 g/mol. The number of rotatable bonds is 3. The van der Waals surface area contributed by atoms with Crippen LogP contribution in [-0.2, 0) is 0 Å². The van der Waals surface area contributed by atoms with Crippen molar-refractivity contribution in [3.63, 3.8) is 0 Å². The molecule has 3 nitrogen and oxygen atoms in total. The molecular weight excluding hydrogens is 250 g/mol. The second-order valence-corrected chi connectivity index (χ2v) is 4.31. The molecule has 1 fully saturated rings. The molecule has 1 aromatic rings. The Hall–Kier alpha value is -2.39. The Morgan fingerprint density at radius 3 is 2.30 bits per heavy atom. The maximum atomic E-state index is 12.0. The summed E-state index contributed by atoms with van der Waals surface area (Å²) in [5, 5.41) is 0. The monoisotopic (exact) mass is 269 g/mol. The fourth-order valence-corrected chi connectivity index (χ4v) is 1.92. The highest BCUT2D eigenvalue weighted by Crippen LogP contribution is 2.16. The molecule has 0 bridgehead atoms. The fourth-order valence-electron chi connectivity index (χ4n) is 1.92. The van der Waals surface area contributed by atoms with Crippen LogP contribution in [0.1, 0.15) is 30.1 Å². The van der Waals surface area contributed by atoms with Gasteiger partial charge in [-0.1, -0.05) is 5.92 Å². The van der Waals surface area contributed by atoms with E-state index in [9.17, 15) is 4.79 Å². The predicted octanol–water partition coefficient (Wildman–Crippen LogP) is 2.57. The van der Waals surface area contributed by atoms with Crippen molar-refractivity contribution in [1.29, 1.82) is 0 Å². The molecule has 0 saturated carbocycles. The summed E-state index contributed by atoms with van der Waals surface area (Å²) in [6.07, 6.45) is 11.9. The maximum absolute atomic E-state index is 12.0. The van der Waals surface area contributed by atoms with Crippen LogP contribution in [0.5, 0.6) is 5.75 Å². The van der Waals surface area contributed by atoms with Gasteiger partial charge in [0.25, 0.3) is 5.91 Å². The SMILES string of the molecule is C#CC.C#CCOc1ccc(C(=O)N2CCCC2)cc1. The van der Waals surface area contributed by atoms with Crippen LogP contribution in [0.25, 0.3) is 0 Å². The van der Waals surface area contributed by atoms with Gasteiger partial charge in [0, 0.05) is 18.7 Å². The molecule has 1 aromatic carbocycles. The van der Waals surface area contributed by atoms with Gasteiger partial charge >= 0.3 is 0 Å². The molecule has 3 heteroatoms. The van der Waals surface area contributed by atoms with Crippen LogP contribution in [0.3, 0.4) is 0 Å². The molecule has 0 radical (unpaired) electrons. The number of likely N-dealkylation sites (tertiary alicyclic amines) is 1. The summed E-state index contributed by atoms with van der Waals surface area (Å²) in [5.74, 6) is 5.45. The van der Waals surface area contributed by atoms with Gasteiger partial charge in [0.2, 0.25) is 0 Å². The van der Waals surface area contributed by atoms with Crippen molar-refractivity contribution < 1.29 is 9.53 Å². The van der Waals surface area contributed by atoms with Crippen molar-refractivity contribution in [1.82, 2.24) is 4.90 Å². The van der Waals surface area contributed by atoms with Crippen molar-refractivity contribution in [2.45, 2.75) is 19.8 Å². The number of nitrogens with zero attached hydrogens (tertiary/aromatic N) is 1. The Labute approximate surface area is 120 Å². The second kappa shape index (κ2) is 8.67. The van der Waals surface area contributed by atoms with Gasteiger partial charge in [-0.05, 0) is 44.0 Å². The molecule has 0 spiro atoms. The van der Waals surface area contributed by atoms with Crippen molar-refractivity contribution in [3.05, 3.63) is 29.8 Å². The van der Waals surface area contributed by atoms with E-state index in [2.05, 4.69) is 18.3 Å². The zero-order chi connectivity index (χ0) is 14.8. The van der Waals surface area contributed by atoms with E-state index in [-0.39, 0.29) is 12.5 Å². The summed E-state index contributed by atoms with van der Waals surface area (Å²) >= 11 is 0. The number of carbonyl (C=O) groups excluding carboxylic acids is 1. The van der Waals surface area contributed by atoms with Crippen LogP contribution in [0.2, 0.25) is 0 Å². The number of benzene rings is 1. The van der Waals surface area contributed by atoms with Crippen LogP contribution < -0.4 is 4.74 Å². The quantitative estimate of drug-likeness (QED) is 0.789. The summed E-state index contributed by atoms with van der Waals surface area (Å²) in [6.45, 7) is 3.64. The lowest BCUT2D eigenvalue weighted by molar-refractivity contribution is 0.0793. The van der Waals surface area contributed by atoms with E-state index < -0.39 is 0 Å². The molecule has 1 amide bonds. The number of carbonyl (C=O) groups is 1. The van der Waals surface area contributed by atoms with Crippen molar-refractivity contribution in [2.75, 3.05) is 19.7 Å². The lowest BCUT2D eigenvalue weighted by atomic mass is 10.2. The molecule has 2 rings (SSSR count). The van der Waals surface area contributed by atoms with Gasteiger partial charge in [-0.2, -0.15) is 0 Å². The van der Waals surface area contributed by atoms with E-state index in [4.69, 9.17) is 11.2 Å². The minimum Gasteiger partial charge on any atom is -0.481 e. The molecule has 1 aliphatic heterocycles. The van der Waals surface area contributed by atoms with Gasteiger partial charge in [-0.3, -0.25) is 4.79 Å². The molecular formula is C17H19NO2. The van der Waals surface area contributed by atoms with Crippen molar-refractivity contribution >= 4 is 5.91 Å². The Balaban J connectivity index is 0.000000612. The molecule has 0 aromatic heterocycles. The highest BCUT2D eigenvalue weighted by molar-refractivity contribution is 5.94. The molecule has 0 atom stereocenters. The smallest absolute Gasteiger partial charge is 0.253 e. The number of hydrogen-bond acceptors (Lipinski definition) is 2. The first-order valence-corrected chi connectivity index (χ1v) is 6.56. The fraction of sp³-hybridized carbons (Fsp3) is 0.353. The number of amides is 1. The van der Waals surface area contributed by atoms with E-state index in [0.717, 1.165) is 25.9 Å². The zero-order valence-corrected chi connectivity index (χ0v) is 11.8. The molecule has 104 valence electrons. The van der Waals surface area contributed by atoms with E-state index in [1.54, 1.807) is 31.2 Å². The third kappa shape index (κ3) is 4.71. The third-order valence-corrected chi connectivity index (χ3v) is 2.82. The van der Waals surface area contributed by atoms with Gasteiger partial charge in [0.1, 0.15) is 12.4 Å². The number of terminal acetylenes is 2. The largest absolute Gasteiger partial charge is 0.481 e. The first-order valence-electron chi connectivity index (χ1n) is 6.56. The number of ether oxygens (including phenoxy) is 1. The van der Waals surface area contributed by atoms with E-state index in [1.807, 2.05) is 4.90 Å². The van der Waals surface area contributed by atoms with Gasteiger partial charge in [-0.25, -0.2) is 0 Å². The predicted molar refractivity (Wildman–Crippen MR) is 80.4 cm³/mol. The summed E-state index contributed by atoms with van der Waals surface area (Å²) in [6, 6.07) is 7.13. The minimum atomic E-state index is 0.103. The summed E-state index contributed by atoms with van der Waals surface area (Å²) in [7, 11) is 0. The number of hydrogen-bond donors (Lipinski definition) is 0. The topological polar surface area (TPSA) is 29.5 Å². The van der Waals surface area contributed by atoms with E-state index >= 15 is 0 Å². The highest BCUT2D eigenvalue weighted by atomic mass is 16.5. The summed E-state index contributed by atoms with van der Waals surface area (Å²) in [5.41, 5.74) is 0.708. The Morgan fingerprint density at radius 1 is 1.25 bits per heavy atom. The lowest BCUT2D eigenvalue weighted by Gasteiger charge is -2.15. The van der Waals surface area contributed by atoms with E-state index in [0.29, 0.717) is 11.3 Å². The molecule has 1 heterocycles. The molecule has 0 unspecified atom stereocenters. The molecule has 0 N–H and O–H groups in total. The van der Waals surface area contributed by atoms with Gasteiger partial charge in [0.15, 0.2) is 0 Å². The van der Waals surface area contributed by atoms with Crippen LogP contribution in [0.4, 0.5) is 0 Å². The lowest BCUT2D eigenvalue weighted by Crippen LogP contribution is -2.27. The third-order valence-electron chi connectivity index (χ3n) is 2.82. The Bertz CT molecular complexity index is 499.